The van der Waals surface area contributed by atoms with Crippen LogP contribution in [0, 0.1) is 0 Å². The minimum Gasteiger partial charge on any atom is -0.490 e. The molecule has 2 aromatic rings. The number of carbonyl (C=O) groups excluding carboxylic acids is 2. The van der Waals surface area contributed by atoms with Gasteiger partial charge in [0.2, 0.25) is 5.91 Å². The second-order valence-corrected chi connectivity index (χ2v) is 6.46. The monoisotopic (exact) mass is 389 g/mol. The Morgan fingerprint density at radius 3 is 2.44 bits per heavy atom. The lowest BCUT2D eigenvalue weighted by Gasteiger charge is -2.18. The van der Waals surface area contributed by atoms with Crippen molar-refractivity contribution >= 4 is 29.2 Å². The minimum absolute atomic E-state index is 0.00226. The van der Waals surface area contributed by atoms with Gasteiger partial charge >= 0.3 is 6.03 Å². The molecule has 1 atom stereocenters. The molecule has 1 aliphatic heterocycles. The minimum atomic E-state index is -0.703. The first-order valence-electron chi connectivity index (χ1n) is 8.53. The standard InChI is InChI=1S/C19H20ClN3O4/c20-13-9-16-17(27-8-4-7-26-16)10-15(13)22-18(24)11-14(23-19(21)25)12-5-2-1-3-6-12/h1-3,5-6,9-10,14H,4,7-8,11H2,(H,22,24)(H3,21,23,25)/t14-/m1/s1. The lowest BCUT2D eigenvalue weighted by molar-refractivity contribution is -0.116. The zero-order valence-electron chi connectivity index (χ0n) is 14.5. The van der Waals surface area contributed by atoms with Gasteiger partial charge in [0.05, 0.1) is 36.4 Å². The molecule has 0 fully saturated rings. The number of urea groups is 1. The van der Waals surface area contributed by atoms with E-state index in [-0.39, 0.29) is 12.3 Å². The van der Waals surface area contributed by atoms with E-state index in [9.17, 15) is 9.59 Å². The quantitative estimate of drug-likeness (QED) is 0.730. The SMILES string of the molecule is NC(=O)N[C@H](CC(=O)Nc1cc2c(cc1Cl)OCCCO2)c1ccccc1. The molecule has 0 saturated carbocycles. The van der Waals surface area contributed by atoms with Crippen LogP contribution in [0.4, 0.5) is 10.5 Å². The molecular formula is C19H20ClN3O4. The number of hydrogen-bond acceptors (Lipinski definition) is 4. The van der Waals surface area contributed by atoms with Crippen molar-refractivity contribution in [3.05, 3.63) is 53.1 Å². The van der Waals surface area contributed by atoms with Crippen LogP contribution in [0.1, 0.15) is 24.4 Å². The first kappa shape index (κ1) is 18.8. The summed E-state index contributed by atoms with van der Waals surface area (Å²) in [4.78, 5) is 23.8. The molecule has 8 heteroatoms. The number of anilines is 1. The highest BCUT2D eigenvalue weighted by atomic mass is 35.5. The van der Waals surface area contributed by atoms with Crippen molar-refractivity contribution in [2.45, 2.75) is 18.9 Å². The summed E-state index contributed by atoms with van der Waals surface area (Å²) in [5, 5.41) is 5.68. The fourth-order valence-corrected chi connectivity index (χ4v) is 2.98. The fraction of sp³-hybridized carbons (Fsp3) is 0.263. The first-order valence-corrected chi connectivity index (χ1v) is 8.90. The van der Waals surface area contributed by atoms with Crippen LogP contribution < -0.4 is 25.8 Å². The van der Waals surface area contributed by atoms with Crippen LogP contribution in [0.25, 0.3) is 0 Å². The van der Waals surface area contributed by atoms with Gasteiger partial charge in [-0.1, -0.05) is 41.9 Å². The van der Waals surface area contributed by atoms with Crippen molar-refractivity contribution in [1.29, 1.82) is 0 Å². The van der Waals surface area contributed by atoms with E-state index >= 15 is 0 Å². The number of primary amides is 1. The molecule has 27 heavy (non-hydrogen) atoms. The van der Waals surface area contributed by atoms with Gasteiger partial charge in [0.1, 0.15) is 0 Å². The Morgan fingerprint density at radius 1 is 1.11 bits per heavy atom. The van der Waals surface area contributed by atoms with Crippen LogP contribution in [0.5, 0.6) is 11.5 Å². The molecule has 0 saturated heterocycles. The number of fused-ring (bicyclic) bond motifs is 1. The average Bonchev–Trinajstić information content (AvgIpc) is 2.87. The number of amides is 3. The number of hydrogen-bond donors (Lipinski definition) is 3. The van der Waals surface area contributed by atoms with Crippen molar-refractivity contribution < 1.29 is 19.1 Å². The van der Waals surface area contributed by atoms with E-state index in [4.69, 9.17) is 26.8 Å². The van der Waals surface area contributed by atoms with Crippen molar-refractivity contribution in [1.82, 2.24) is 5.32 Å². The van der Waals surface area contributed by atoms with Gasteiger partial charge in [-0.05, 0) is 5.56 Å². The van der Waals surface area contributed by atoms with E-state index in [1.165, 1.54) is 0 Å². The van der Waals surface area contributed by atoms with Crippen LogP contribution in [0.3, 0.4) is 0 Å². The number of rotatable bonds is 5. The molecule has 2 aromatic carbocycles. The summed E-state index contributed by atoms with van der Waals surface area (Å²) < 4.78 is 11.2. The number of ether oxygens (including phenoxy) is 2. The molecule has 0 aliphatic carbocycles. The molecular weight excluding hydrogens is 370 g/mol. The zero-order chi connectivity index (χ0) is 19.2. The highest BCUT2D eigenvalue weighted by molar-refractivity contribution is 6.34. The summed E-state index contributed by atoms with van der Waals surface area (Å²) in [6.07, 6.45) is 0.767. The third-order valence-electron chi connectivity index (χ3n) is 4.02. The predicted octanol–water partition coefficient (Wildman–Crippen LogP) is 3.24. The number of nitrogens with two attached hydrogens (primary N) is 1. The van der Waals surface area contributed by atoms with Crippen LogP contribution >= 0.6 is 11.6 Å². The Kier molecular flexibility index (Phi) is 6.03. The van der Waals surface area contributed by atoms with Gasteiger partial charge in [-0.2, -0.15) is 0 Å². The summed E-state index contributed by atoms with van der Waals surface area (Å²) in [6.45, 7) is 1.08. The van der Waals surface area contributed by atoms with Gasteiger partial charge < -0.3 is 25.8 Å². The Morgan fingerprint density at radius 2 is 1.78 bits per heavy atom. The van der Waals surface area contributed by atoms with E-state index in [0.717, 1.165) is 12.0 Å². The van der Waals surface area contributed by atoms with Crippen LogP contribution in [-0.2, 0) is 4.79 Å². The van der Waals surface area contributed by atoms with E-state index in [1.807, 2.05) is 30.3 Å². The Labute approximate surface area is 161 Å². The Hall–Kier alpha value is -2.93. The third-order valence-corrected chi connectivity index (χ3v) is 4.33. The van der Waals surface area contributed by atoms with E-state index in [2.05, 4.69) is 10.6 Å². The summed E-state index contributed by atoms with van der Waals surface area (Å²) in [7, 11) is 0. The lowest BCUT2D eigenvalue weighted by atomic mass is 10.0. The van der Waals surface area contributed by atoms with Crippen LogP contribution in [0.2, 0.25) is 5.02 Å². The molecule has 3 amide bonds. The van der Waals surface area contributed by atoms with Gasteiger partial charge in [-0.3, -0.25) is 4.79 Å². The molecule has 142 valence electrons. The van der Waals surface area contributed by atoms with Crippen molar-refractivity contribution in [3.63, 3.8) is 0 Å². The Bertz CT molecular complexity index is 829. The highest BCUT2D eigenvalue weighted by Crippen LogP contribution is 2.37. The maximum absolute atomic E-state index is 12.5. The molecule has 0 unspecified atom stereocenters. The molecule has 1 aliphatic rings. The number of carbonyl (C=O) groups is 2. The summed E-state index contributed by atoms with van der Waals surface area (Å²) in [5.74, 6) is 0.754. The van der Waals surface area contributed by atoms with Gasteiger partial charge in [0.15, 0.2) is 11.5 Å². The molecule has 1 heterocycles. The van der Waals surface area contributed by atoms with Crippen molar-refractivity contribution in [2.24, 2.45) is 5.73 Å². The Balaban J connectivity index is 1.74. The second kappa shape index (κ2) is 8.64. The third kappa shape index (κ3) is 5.04. The van der Waals surface area contributed by atoms with Gasteiger partial charge in [0, 0.05) is 18.6 Å². The number of nitrogens with one attached hydrogen (secondary N) is 2. The molecule has 0 aromatic heterocycles. The molecule has 7 nitrogen and oxygen atoms in total. The maximum atomic E-state index is 12.5. The topological polar surface area (TPSA) is 103 Å². The largest absolute Gasteiger partial charge is 0.490 e. The molecule has 0 bridgehead atoms. The van der Waals surface area contributed by atoms with Crippen molar-refractivity contribution in [3.8, 4) is 11.5 Å². The molecule has 3 rings (SSSR count). The average molecular weight is 390 g/mol. The molecule has 0 radical (unpaired) electrons. The van der Waals surface area contributed by atoms with Crippen LogP contribution in [-0.4, -0.2) is 25.2 Å². The normalized spacial score (nSPS) is 14.0. The van der Waals surface area contributed by atoms with Gasteiger partial charge in [0.25, 0.3) is 0 Å². The van der Waals surface area contributed by atoms with Crippen molar-refractivity contribution in [2.75, 3.05) is 18.5 Å². The summed E-state index contributed by atoms with van der Waals surface area (Å²) >= 11 is 6.26. The van der Waals surface area contributed by atoms with Gasteiger partial charge in [-0.15, -0.1) is 0 Å². The van der Waals surface area contributed by atoms with E-state index in [1.54, 1.807) is 12.1 Å². The second-order valence-electron chi connectivity index (χ2n) is 6.05. The predicted molar refractivity (Wildman–Crippen MR) is 102 cm³/mol. The number of halogens is 1. The summed E-state index contributed by atoms with van der Waals surface area (Å²) in [5.41, 5.74) is 6.43. The maximum Gasteiger partial charge on any atom is 0.312 e. The zero-order valence-corrected chi connectivity index (χ0v) is 15.3. The van der Waals surface area contributed by atoms with Gasteiger partial charge in [-0.25, -0.2) is 4.79 Å². The summed E-state index contributed by atoms with van der Waals surface area (Å²) in [6, 6.07) is 11.1. The molecule has 0 spiro atoms. The molecule has 4 N–H and O–H groups in total. The lowest BCUT2D eigenvalue weighted by Crippen LogP contribution is -2.35. The smallest absolute Gasteiger partial charge is 0.312 e. The van der Waals surface area contributed by atoms with Crippen LogP contribution in [0.15, 0.2) is 42.5 Å². The van der Waals surface area contributed by atoms with E-state index in [0.29, 0.717) is 35.4 Å². The first-order chi connectivity index (χ1) is 13.0. The fourth-order valence-electron chi connectivity index (χ4n) is 2.78. The highest BCUT2D eigenvalue weighted by Gasteiger charge is 2.20. The van der Waals surface area contributed by atoms with E-state index < -0.39 is 12.1 Å². The number of benzene rings is 2.